The van der Waals surface area contributed by atoms with Gasteiger partial charge in [0.15, 0.2) is 11.5 Å². The Labute approximate surface area is 159 Å². The number of hydrogen-bond acceptors (Lipinski definition) is 7. The highest BCUT2D eigenvalue weighted by Gasteiger charge is 2.18. The molecule has 0 N–H and O–H groups in total. The number of ether oxygens (including phenoxy) is 5. The molecule has 3 rings (SSSR count). The SMILES string of the molecule is COc1cc(CN(CC2=COCCO2)Cc2ccco2)cc(OC)c1OC. The summed E-state index contributed by atoms with van der Waals surface area (Å²) in [7, 11) is 4.82. The summed E-state index contributed by atoms with van der Waals surface area (Å²) in [4.78, 5) is 2.19. The Morgan fingerprint density at radius 2 is 1.74 bits per heavy atom. The van der Waals surface area contributed by atoms with Crippen LogP contribution < -0.4 is 14.2 Å². The smallest absolute Gasteiger partial charge is 0.203 e. The first-order valence-electron chi connectivity index (χ1n) is 8.70. The van der Waals surface area contributed by atoms with E-state index in [1.54, 1.807) is 33.9 Å². The van der Waals surface area contributed by atoms with E-state index >= 15 is 0 Å². The average molecular weight is 375 g/mol. The van der Waals surface area contributed by atoms with Crippen LogP contribution in [0, 0.1) is 0 Å². The van der Waals surface area contributed by atoms with Gasteiger partial charge in [0, 0.05) is 6.54 Å². The summed E-state index contributed by atoms with van der Waals surface area (Å²) in [6.45, 7) is 3.00. The van der Waals surface area contributed by atoms with Crippen LogP contribution in [0.1, 0.15) is 11.3 Å². The van der Waals surface area contributed by atoms with E-state index in [1.807, 2.05) is 24.3 Å². The second kappa shape index (κ2) is 9.23. The molecule has 1 aliphatic rings. The fourth-order valence-corrected chi connectivity index (χ4v) is 2.99. The predicted molar refractivity (Wildman–Crippen MR) is 98.9 cm³/mol. The zero-order valence-electron chi connectivity index (χ0n) is 15.9. The summed E-state index contributed by atoms with van der Waals surface area (Å²) >= 11 is 0. The summed E-state index contributed by atoms with van der Waals surface area (Å²) < 4.78 is 32.9. The molecule has 1 aromatic carbocycles. The van der Waals surface area contributed by atoms with Crippen LogP contribution in [0.15, 0.2) is 47.0 Å². The molecule has 0 fully saturated rings. The molecule has 7 nitrogen and oxygen atoms in total. The van der Waals surface area contributed by atoms with Gasteiger partial charge in [0.05, 0.1) is 40.7 Å². The van der Waals surface area contributed by atoms with Crippen molar-refractivity contribution in [1.29, 1.82) is 0 Å². The van der Waals surface area contributed by atoms with E-state index in [0.29, 0.717) is 50.1 Å². The maximum absolute atomic E-state index is 5.69. The Bertz CT molecular complexity index is 731. The van der Waals surface area contributed by atoms with Crippen molar-refractivity contribution in [3.05, 3.63) is 53.9 Å². The summed E-state index contributed by atoms with van der Waals surface area (Å²) in [5.74, 6) is 3.50. The Kier molecular flexibility index (Phi) is 6.49. The van der Waals surface area contributed by atoms with Gasteiger partial charge in [-0.25, -0.2) is 0 Å². The van der Waals surface area contributed by atoms with Gasteiger partial charge < -0.3 is 28.1 Å². The van der Waals surface area contributed by atoms with Crippen LogP contribution in [-0.2, 0) is 22.6 Å². The third-order valence-corrected chi connectivity index (χ3v) is 4.17. The minimum Gasteiger partial charge on any atom is -0.494 e. The van der Waals surface area contributed by atoms with Gasteiger partial charge in [0.1, 0.15) is 31.0 Å². The number of nitrogens with zero attached hydrogens (tertiary/aromatic N) is 1. The molecular formula is C20H25NO6. The van der Waals surface area contributed by atoms with Crippen LogP contribution in [0.25, 0.3) is 0 Å². The first-order chi connectivity index (χ1) is 13.2. The highest BCUT2D eigenvalue weighted by atomic mass is 16.6. The predicted octanol–water partition coefficient (Wildman–Crippen LogP) is 3.20. The van der Waals surface area contributed by atoms with E-state index in [1.165, 1.54) is 0 Å². The van der Waals surface area contributed by atoms with E-state index in [-0.39, 0.29) is 0 Å². The first kappa shape index (κ1) is 19.0. The quantitative estimate of drug-likeness (QED) is 0.667. The van der Waals surface area contributed by atoms with Gasteiger partial charge in [0.25, 0.3) is 0 Å². The van der Waals surface area contributed by atoms with Crippen molar-refractivity contribution in [2.75, 3.05) is 41.1 Å². The minimum absolute atomic E-state index is 0.560. The number of hydrogen-bond donors (Lipinski definition) is 0. The standard InChI is InChI=1S/C20H25NO6/c1-22-18-9-15(10-19(23-2)20(18)24-3)11-21(12-16-5-4-6-26-16)13-17-14-25-7-8-27-17/h4-6,9-10,14H,7-8,11-13H2,1-3H3. The minimum atomic E-state index is 0.560. The van der Waals surface area contributed by atoms with Crippen LogP contribution in [0.5, 0.6) is 17.2 Å². The largest absolute Gasteiger partial charge is 0.494 e. The van der Waals surface area contributed by atoms with Gasteiger partial charge >= 0.3 is 0 Å². The Morgan fingerprint density at radius 3 is 2.30 bits per heavy atom. The van der Waals surface area contributed by atoms with Crippen LogP contribution >= 0.6 is 0 Å². The van der Waals surface area contributed by atoms with Crippen LogP contribution in [0.3, 0.4) is 0 Å². The van der Waals surface area contributed by atoms with Crippen molar-refractivity contribution in [3.8, 4) is 17.2 Å². The molecule has 1 aromatic heterocycles. The molecule has 0 bridgehead atoms. The number of furan rings is 1. The fourth-order valence-electron chi connectivity index (χ4n) is 2.99. The monoisotopic (exact) mass is 375 g/mol. The molecule has 0 radical (unpaired) electrons. The lowest BCUT2D eigenvalue weighted by Crippen LogP contribution is -2.27. The van der Waals surface area contributed by atoms with Crippen LogP contribution in [0.2, 0.25) is 0 Å². The summed E-state index contributed by atoms with van der Waals surface area (Å²) in [6, 6.07) is 7.73. The van der Waals surface area contributed by atoms with E-state index in [9.17, 15) is 0 Å². The second-order valence-corrected chi connectivity index (χ2v) is 6.06. The molecule has 2 aromatic rings. The van der Waals surface area contributed by atoms with Crippen molar-refractivity contribution in [2.24, 2.45) is 0 Å². The van der Waals surface area contributed by atoms with E-state index < -0.39 is 0 Å². The number of rotatable bonds is 9. The van der Waals surface area contributed by atoms with E-state index in [2.05, 4.69) is 4.90 Å². The van der Waals surface area contributed by atoms with E-state index in [0.717, 1.165) is 17.1 Å². The van der Waals surface area contributed by atoms with Gasteiger partial charge in [-0.2, -0.15) is 0 Å². The normalized spacial score (nSPS) is 13.6. The lowest BCUT2D eigenvalue weighted by atomic mass is 10.1. The van der Waals surface area contributed by atoms with Gasteiger partial charge in [-0.3, -0.25) is 4.90 Å². The zero-order chi connectivity index (χ0) is 19.1. The third-order valence-electron chi connectivity index (χ3n) is 4.17. The molecule has 0 unspecified atom stereocenters. The number of benzene rings is 1. The molecule has 0 amide bonds. The van der Waals surface area contributed by atoms with Crippen molar-refractivity contribution >= 4 is 0 Å². The molecule has 0 atom stereocenters. The average Bonchev–Trinajstić information content (AvgIpc) is 3.20. The lowest BCUT2D eigenvalue weighted by molar-refractivity contribution is 0.0663. The second-order valence-electron chi connectivity index (χ2n) is 6.06. The van der Waals surface area contributed by atoms with Gasteiger partial charge in [-0.1, -0.05) is 0 Å². The molecule has 146 valence electrons. The first-order valence-corrected chi connectivity index (χ1v) is 8.70. The maximum Gasteiger partial charge on any atom is 0.203 e. The Hall–Kier alpha value is -2.80. The molecule has 0 saturated carbocycles. The summed E-state index contributed by atoms with van der Waals surface area (Å²) in [5, 5.41) is 0. The molecular weight excluding hydrogens is 350 g/mol. The molecule has 0 aliphatic carbocycles. The van der Waals surface area contributed by atoms with Crippen LogP contribution in [0.4, 0.5) is 0 Å². The molecule has 27 heavy (non-hydrogen) atoms. The van der Waals surface area contributed by atoms with Crippen molar-refractivity contribution in [3.63, 3.8) is 0 Å². The fraction of sp³-hybridized carbons (Fsp3) is 0.400. The molecule has 0 saturated heterocycles. The third kappa shape index (κ3) is 4.89. The van der Waals surface area contributed by atoms with Gasteiger partial charge in [0.2, 0.25) is 5.75 Å². The topological polar surface area (TPSA) is 62.5 Å². The van der Waals surface area contributed by atoms with Crippen molar-refractivity contribution in [2.45, 2.75) is 13.1 Å². The zero-order valence-corrected chi connectivity index (χ0v) is 15.9. The Morgan fingerprint density at radius 1 is 0.963 bits per heavy atom. The maximum atomic E-state index is 5.69. The molecule has 7 heteroatoms. The highest BCUT2D eigenvalue weighted by molar-refractivity contribution is 5.53. The van der Waals surface area contributed by atoms with Gasteiger partial charge in [-0.15, -0.1) is 0 Å². The molecule has 1 aliphatic heterocycles. The highest BCUT2D eigenvalue weighted by Crippen LogP contribution is 2.38. The summed E-state index contributed by atoms with van der Waals surface area (Å²) in [5.41, 5.74) is 1.02. The number of methoxy groups -OCH3 is 3. The molecule has 0 spiro atoms. The van der Waals surface area contributed by atoms with E-state index in [4.69, 9.17) is 28.1 Å². The Balaban J connectivity index is 1.82. The van der Waals surface area contributed by atoms with Gasteiger partial charge in [-0.05, 0) is 29.8 Å². The van der Waals surface area contributed by atoms with Crippen LogP contribution in [-0.4, -0.2) is 46.0 Å². The summed E-state index contributed by atoms with van der Waals surface area (Å²) in [6.07, 6.45) is 3.35. The van der Waals surface area contributed by atoms with Crippen molar-refractivity contribution < 1.29 is 28.1 Å². The molecule has 2 heterocycles. The lowest BCUT2D eigenvalue weighted by Gasteiger charge is -2.25. The van der Waals surface area contributed by atoms with Crippen molar-refractivity contribution in [1.82, 2.24) is 4.90 Å².